The zero-order valence-corrected chi connectivity index (χ0v) is 13.0. The molecule has 0 radical (unpaired) electrons. The molecule has 1 heterocycles. The van der Waals surface area contributed by atoms with Gasteiger partial charge in [-0.3, -0.25) is 9.80 Å². The lowest BCUT2D eigenvalue weighted by atomic mass is 10.00. The maximum Gasteiger partial charge on any atom is 0.0446 e. The van der Waals surface area contributed by atoms with Crippen molar-refractivity contribution in [3.63, 3.8) is 0 Å². The lowest BCUT2D eigenvalue weighted by Crippen LogP contribution is -2.58. The highest BCUT2D eigenvalue weighted by Gasteiger charge is 2.31. The summed E-state index contributed by atoms with van der Waals surface area (Å²) in [5.74, 6) is 0. The largest absolute Gasteiger partial charge is 0.396 e. The Kier molecular flexibility index (Phi) is 5.19. The van der Waals surface area contributed by atoms with Gasteiger partial charge in [0.1, 0.15) is 0 Å². The van der Waals surface area contributed by atoms with Gasteiger partial charge in [-0.2, -0.15) is 0 Å². The molecular weight excluding hydrogens is 248 g/mol. The summed E-state index contributed by atoms with van der Waals surface area (Å²) in [7, 11) is 0. The van der Waals surface area contributed by atoms with Crippen molar-refractivity contribution in [2.45, 2.75) is 45.3 Å². The molecule has 0 amide bonds. The van der Waals surface area contributed by atoms with Crippen molar-refractivity contribution in [3.05, 3.63) is 35.9 Å². The first kappa shape index (κ1) is 15.5. The Labute approximate surface area is 123 Å². The van der Waals surface area contributed by atoms with Crippen LogP contribution in [0.5, 0.6) is 0 Å². The molecule has 0 saturated carbocycles. The number of aliphatic hydroxyl groups excluding tert-OH is 1. The van der Waals surface area contributed by atoms with Crippen LogP contribution in [-0.2, 0) is 6.54 Å². The predicted octanol–water partition coefficient (Wildman–Crippen LogP) is 2.35. The molecule has 1 aliphatic rings. The molecule has 3 nitrogen and oxygen atoms in total. The molecular formula is C17H28N2O. The SMILES string of the molecule is CC(C)(C)N1CCN(Cc2ccccc2)[C@@H](CCO)C1. The standard InChI is InChI=1S/C17H28N2O/c1-17(2,3)19-11-10-18(16(14-19)9-12-20)13-15-7-5-4-6-8-15/h4-8,16,20H,9-14H2,1-3H3/t16-/m0/s1. The van der Waals surface area contributed by atoms with Gasteiger partial charge in [0.15, 0.2) is 0 Å². The summed E-state index contributed by atoms with van der Waals surface area (Å²) >= 11 is 0. The van der Waals surface area contributed by atoms with Gasteiger partial charge in [-0.05, 0) is 32.8 Å². The molecule has 112 valence electrons. The van der Waals surface area contributed by atoms with Gasteiger partial charge in [-0.15, -0.1) is 0 Å². The third kappa shape index (κ3) is 4.05. The minimum atomic E-state index is 0.215. The summed E-state index contributed by atoms with van der Waals surface area (Å²) in [6, 6.07) is 11.1. The van der Waals surface area contributed by atoms with E-state index < -0.39 is 0 Å². The fourth-order valence-corrected chi connectivity index (χ4v) is 2.95. The number of rotatable bonds is 4. The quantitative estimate of drug-likeness (QED) is 0.914. The first-order valence-electron chi connectivity index (χ1n) is 7.64. The molecule has 0 aromatic heterocycles. The Morgan fingerprint density at radius 1 is 1.15 bits per heavy atom. The molecule has 2 rings (SSSR count). The number of hydrogen-bond acceptors (Lipinski definition) is 3. The van der Waals surface area contributed by atoms with E-state index in [0.29, 0.717) is 6.04 Å². The number of aliphatic hydroxyl groups is 1. The fourth-order valence-electron chi connectivity index (χ4n) is 2.95. The predicted molar refractivity (Wildman–Crippen MR) is 83.7 cm³/mol. The van der Waals surface area contributed by atoms with E-state index in [9.17, 15) is 5.11 Å². The molecule has 1 aliphatic heterocycles. The van der Waals surface area contributed by atoms with Gasteiger partial charge >= 0.3 is 0 Å². The van der Waals surface area contributed by atoms with E-state index in [0.717, 1.165) is 32.6 Å². The summed E-state index contributed by atoms with van der Waals surface area (Å²) in [5, 5.41) is 9.35. The van der Waals surface area contributed by atoms with E-state index in [1.54, 1.807) is 0 Å². The number of hydrogen-bond donors (Lipinski definition) is 1. The summed E-state index contributed by atoms with van der Waals surface area (Å²) in [5.41, 5.74) is 1.58. The second kappa shape index (κ2) is 6.70. The number of nitrogens with zero attached hydrogens (tertiary/aromatic N) is 2. The van der Waals surface area contributed by atoms with Crippen LogP contribution < -0.4 is 0 Å². The molecule has 1 aromatic rings. The van der Waals surface area contributed by atoms with Crippen LogP contribution in [0.2, 0.25) is 0 Å². The molecule has 0 spiro atoms. The highest BCUT2D eigenvalue weighted by molar-refractivity contribution is 5.14. The second-order valence-corrected chi connectivity index (χ2v) is 6.74. The molecule has 20 heavy (non-hydrogen) atoms. The van der Waals surface area contributed by atoms with Crippen LogP contribution in [0.25, 0.3) is 0 Å². The number of benzene rings is 1. The van der Waals surface area contributed by atoms with Crippen molar-refractivity contribution in [3.8, 4) is 0 Å². The lowest BCUT2D eigenvalue weighted by molar-refractivity contribution is 0.00918. The maximum atomic E-state index is 9.35. The smallest absolute Gasteiger partial charge is 0.0446 e. The molecule has 0 unspecified atom stereocenters. The van der Waals surface area contributed by atoms with Crippen LogP contribution >= 0.6 is 0 Å². The zero-order chi connectivity index (χ0) is 14.6. The van der Waals surface area contributed by atoms with E-state index in [4.69, 9.17) is 0 Å². The molecule has 1 aromatic carbocycles. The first-order chi connectivity index (χ1) is 9.50. The summed E-state index contributed by atoms with van der Waals surface area (Å²) in [6.07, 6.45) is 0.861. The Balaban J connectivity index is 2.02. The van der Waals surface area contributed by atoms with Crippen LogP contribution in [0.3, 0.4) is 0 Å². The topological polar surface area (TPSA) is 26.7 Å². The van der Waals surface area contributed by atoms with E-state index in [1.807, 2.05) is 0 Å². The Hall–Kier alpha value is -0.900. The second-order valence-electron chi connectivity index (χ2n) is 6.74. The average molecular weight is 276 g/mol. The first-order valence-corrected chi connectivity index (χ1v) is 7.64. The normalized spacial score (nSPS) is 22.1. The third-order valence-corrected chi connectivity index (χ3v) is 4.24. The fraction of sp³-hybridized carbons (Fsp3) is 0.647. The Bertz CT molecular complexity index is 399. The molecule has 1 fully saturated rings. The van der Waals surface area contributed by atoms with Crippen molar-refractivity contribution in [1.82, 2.24) is 9.80 Å². The van der Waals surface area contributed by atoms with E-state index in [-0.39, 0.29) is 12.1 Å². The van der Waals surface area contributed by atoms with Gasteiger partial charge < -0.3 is 5.11 Å². The van der Waals surface area contributed by atoms with Crippen LogP contribution in [0, 0.1) is 0 Å². The Morgan fingerprint density at radius 2 is 1.85 bits per heavy atom. The average Bonchev–Trinajstić information content (AvgIpc) is 2.41. The molecule has 1 atom stereocenters. The lowest BCUT2D eigenvalue weighted by Gasteiger charge is -2.47. The minimum absolute atomic E-state index is 0.215. The van der Waals surface area contributed by atoms with Crippen LogP contribution in [0.4, 0.5) is 0 Å². The van der Waals surface area contributed by atoms with Crippen LogP contribution in [0.15, 0.2) is 30.3 Å². The Morgan fingerprint density at radius 3 is 2.45 bits per heavy atom. The summed E-state index contributed by atoms with van der Waals surface area (Å²) < 4.78 is 0. The van der Waals surface area contributed by atoms with Gasteiger partial charge in [-0.25, -0.2) is 0 Å². The maximum absolute atomic E-state index is 9.35. The van der Waals surface area contributed by atoms with E-state index in [2.05, 4.69) is 60.9 Å². The van der Waals surface area contributed by atoms with Gasteiger partial charge in [-0.1, -0.05) is 30.3 Å². The number of piperazine rings is 1. The van der Waals surface area contributed by atoms with Crippen LogP contribution in [0.1, 0.15) is 32.8 Å². The van der Waals surface area contributed by atoms with Crippen molar-refractivity contribution in [2.75, 3.05) is 26.2 Å². The highest BCUT2D eigenvalue weighted by Crippen LogP contribution is 2.22. The molecule has 1 N–H and O–H groups in total. The van der Waals surface area contributed by atoms with Gasteiger partial charge in [0.2, 0.25) is 0 Å². The summed E-state index contributed by atoms with van der Waals surface area (Å²) in [6.45, 7) is 11.3. The van der Waals surface area contributed by atoms with Crippen molar-refractivity contribution < 1.29 is 5.11 Å². The molecule has 0 aliphatic carbocycles. The molecule has 1 saturated heterocycles. The van der Waals surface area contributed by atoms with Crippen molar-refractivity contribution in [2.24, 2.45) is 0 Å². The van der Waals surface area contributed by atoms with Gasteiger partial charge in [0, 0.05) is 44.4 Å². The molecule has 3 heteroatoms. The van der Waals surface area contributed by atoms with Gasteiger partial charge in [0.25, 0.3) is 0 Å². The van der Waals surface area contributed by atoms with Crippen molar-refractivity contribution in [1.29, 1.82) is 0 Å². The minimum Gasteiger partial charge on any atom is -0.396 e. The van der Waals surface area contributed by atoms with Crippen molar-refractivity contribution >= 4 is 0 Å². The van der Waals surface area contributed by atoms with Crippen LogP contribution in [-0.4, -0.2) is 52.7 Å². The van der Waals surface area contributed by atoms with Gasteiger partial charge in [0.05, 0.1) is 0 Å². The zero-order valence-electron chi connectivity index (χ0n) is 13.0. The van der Waals surface area contributed by atoms with E-state index in [1.165, 1.54) is 5.56 Å². The molecule has 0 bridgehead atoms. The summed E-state index contributed by atoms with van der Waals surface area (Å²) in [4.78, 5) is 5.06. The highest BCUT2D eigenvalue weighted by atomic mass is 16.3. The monoisotopic (exact) mass is 276 g/mol. The van der Waals surface area contributed by atoms with E-state index >= 15 is 0 Å². The third-order valence-electron chi connectivity index (χ3n) is 4.24.